The van der Waals surface area contributed by atoms with Crippen LogP contribution >= 0.6 is 0 Å². The number of aryl methyl sites for hydroxylation is 2. The van der Waals surface area contributed by atoms with E-state index in [0.29, 0.717) is 0 Å². The minimum atomic E-state index is -1.28. The second kappa shape index (κ2) is 7.81. The average molecular weight is 419 g/mol. The Morgan fingerprint density at radius 3 is 1.88 bits per heavy atom. The maximum atomic E-state index is 12.5. The minimum absolute atomic E-state index is 0.772. The predicted molar refractivity (Wildman–Crippen MR) is 131 cm³/mol. The molecular formula is C30H26O2. The molecule has 0 amide bonds. The van der Waals surface area contributed by atoms with Crippen molar-refractivity contribution >= 4 is 11.1 Å². The monoisotopic (exact) mass is 418 g/mol. The van der Waals surface area contributed by atoms with E-state index in [1.165, 1.54) is 11.1 Å². The van der Waals surface area contributed by atoms with Crippen molar-refractivity contribution in [2.75, 3.05) is 7.11 Å². The molecule has 1 aliphatic carbocycles. The maximum absolute atomic E-state index is 12.5. The zero-order chi connectivity index (χ0) is 22.3. The van der Waals surface area contributed by atoms with Gasteiger partial charge in [-0.05, 0) is 53.8 Å². The van der Waals surface area contributed by atoms with Crippen LogP contribution in [0.4, 0.5) is 0 Å². The van der Waals surface area contributed by atoms with Gasteiger partial charge in [0.2, 0.25) is 0 Å². The van der Waals surface area contributed by atoms with Gasteiger partial charge in [0.15, 0.2) is 0 Å². The summed E-state index contributed by atoms with van der Waals surface area (Å²) in [7, 11) is 1.68. The van der Waals surface area contributed by atoms with Crippen LogP contribution in [0.15, 0.2) is 97.1 Å². The molecule has 0 fully saturated rings. The van der Waals surface area contributed by atoms with Crippen LogP contribution in [0.3, 0.4) is 0 Å². The molecule has 32 heavy (non-hydrogen) atoms. The number of benzene rings is 4. The van der Waals surface area contributed by atoms with Gasteiger partial charge in [-0.25, -0.2) is 0 Å². The van der Waals surface area contributed by atoms with Crippen molar-refractivity contribution in [1.29, 1.82) is 0 Å². The van der Waals surface area contributed by atoms with E-state index >= 15 is 0 Å². The molecule has 1 unspecified atom stereocenters. The fourth-order valence-corrected chi connectivity index (χ4v) is 4.70. The second-order valence-corrected chi connectivity index (χ2v) is 8.47. The van der Waals surface area contributed by atoms with Crippen LogP contribution in [0, 0.1) is 13.8 Å². The zero-order valence-electron chi connectivity index (χ0n) is 18.6. The second-order valence-electron chi connectivity index (χ2n) is 8.47. The van der Waals surface area contributed by atoms with Crippen molar-refractivity contribution < 1.29 is 9.84 Å². The number of fused-ring (bicyclic) bond motifs is 1. The Balaban J connectivity index is 1.91. The van der Waals surface area contributed by atoms with E-state index in [9.17, 15) is 5.11 Å². The molecule has 4 aromatic rings. The normalized spacial score (nSPS) is 17.4. The maximum Gasteiger partial charge on any atom is 0.142 e. The summed E-state index contributed by atoms with van der Waals surface area (Å²) in [6.07, 6.45) is 0. The molecule has 0 aromatic heterocycles. The van der Waals surface area contributed by atoms with Gasteiger partial charge < -0.3 is 9.84 Å². The van der Waals surface area contributed by atoms with Gasteiger partial charge in [0.05, 0.1) is 7.11 Å². The summed E-state index contributed by atoms with van der Waals surface area (Å²) in [4.78, 5) is 0. The largest absolute Gasteiger partial charge is 0.497 e. The Kier molecular flexibility index (Phi) is 4.96. The lowest BCUT2D eigenvalue weighted by molar-refractivity contribution is 0.148. The first kappa shape index (κ1) is 20.3. The number of hydrogen-bond acceptors (Lipinski definition) is 2. The average Bonchev–Trinajstić information content (AvgIpc) is 3.10. The third-order valence-corrected chi connectivity index (χ3v) is 6.37. The van der Waals surface area contributed by atoms with Crippen LogP contribution in [-0.4, -0.2) is 12.2 Å². The molecule has 5 rings (SSSR count). The summed E-state index contributed by atoms with van der Waals surface area (Å²) in [6.45, 7) is 4.17. The molecule has 0 saturated carbocycles. The highest BCUT2D eigenvalue weighted by Crippen LogP contribution is 2.55. The van der Waals surface area contributed by atoms with Crippen molar-refractivity contribution in [2.24, 2.45) is 0 Å². The highest BCUT2D eigenvalue weighted by Gasteiger charge is 2.46. The molecule has 0 saturated heterocycles. The van der Waals surface area contributed by atoms with E-state index in [1.807, 2.05) is 48.5 Å². The lowest BCUT2D eigenvalue weighted by Crippen LogP contribution is -2.27. The Hall–Kier alpha value is -3.62. The van der Waals surface area contributed by atoms with Crippen LogP contribution in [0.2, 0.25) is 0 Å². The Labute approximate surface area is 189 Å². The molecule has 1 aliphatic rings. The van der Waals surface area contributed by atoms with Crippen molar-refractivity contribution in [2.45, 2.75) is 19.4 Å². The number of aliphatic hydroxyl groups is 1. The Bertz CT molecular complexity index is 1300. The van der Waals surface area contributed by atoms with Crippen molar-refractivity contribution in [3.63, 3.8) is 0 Å². The van der Waals surface area contributed by atoms with E-state index in [4.69, 9.17) is 4.74 Å². The van der Waals surface area contributed by atoms with Crippen molar-refractivity contribution in [3.8, 4) is 5.75 Å². The first-order valence-electron chi connectivity index (χ1n) is 10.9. The number of rotatable bonds is 4. The van der Waals surface area contributed by atoms with Crippen LogP contribution in [-0.2, 0) is 5.60 Å². The van der Waals surface area contributed by atoms with Gasteiger partial charge in [-0.1, -0.05) is 96.1 Å². The standard InChI is InChI=1S/C30H26O2/c1-20-9-13-22(14-10-20)28-26-19-25(32-3)17-18-27(26)30(31,24-7-5-4-6-8-24)29(28)23-15-11-21(2)12-16-23/h4-19,31H,1-3H3. The van der Waals surface area contributed by atoms with Gasteiger partial charge in [-0.2, -0.15) is 0 Å². The molecule has 0 heterocycles. The van der Waals surface area contributed by atoms with E-state index in [-0.39, 0.29) is 0 Å². The summed E-state index contributed by atoms with van der Waals surface area (Å²) in [5.41, 5.74) is 7.85. The SMILES string of the molecule is COc1ccc2c(c1)C(c1ccc(C)cc1)=C(c1ccc(C)cc1)C2(O)c1ccccc1. The van der Waals surface area contributed by atoms with Gasteiger partial charge in [0, 0.05) is 11.1 Å². The Morgan fingerprint density at radius 1 is 0.688 bits per heavy atom. The third kappa shape index (κ3) is 3.16. The van der Waals surface area contributed by atoms with Crippen LogP contribution in [0.25, 0.3) is 11.1 Å². The van der Waals surface area contributed by atoms with E-state index in [1.54, 1.807) is 7.11 Å². The van der Waals surface area contributed by atoms with E-state index in [2.05, 4.69) is 62.4 Å². The smallest absolute Gasteiger partial charge is 0.142 e. The molecule has 0 aliphatic heterocycles. The molecule has 158 valence electrons. The van der Waals surface area contributed by atoms with Gasteiger partial charge in [0.25, 0.3) is 0 Å². The van der Waals surface area contributed by atoms with Crippen LogP contribution in [0.1, 0.15) is 38.9 Å². The molecule has 1 atom stereocenters. The lowest BCUT2D eigenvalue weighted by atomic mass is 9.80. The fourth-order valence-electron chi connectivity index (χ4n) is 4.70. The number of ether oxygens (including phenoxy) is 1. The Morgan fingerprint density at radius 2 is 1.28 bits per heavy atom. The molecule has 0 bridgehead atoms. The summed E-state index contributed by atoms with van der Waals surface area (Å²) in [5, 5.41) is 12.5. The minimum Gasteiger partial charge on any atom is -0.497 e. The zero-order valence-corrected chi connectivity index (χ0v) is 18.6. The third-order valence-electron chi connectivity index (χ3n) is 6.37. The molecule has 2 heteroatoms. The van der Waals surface area contributed by atoms with Gasteiger partial charge in [-0.15, -0.1) is 0 Å². The topological polar surface area (TPSA) is 29.5 Å². The molecule has 0 spiro atoms. The van der Waals surface area contributed by atoms with Crippen LogP contribution in [0.5, 0.6) is 5.75 Å². The first-order chi connectivity index (χ1) is 15.5. The highest BCUT2D eigenvalue weighted by atomic mass is 16.5. The molecule has 4 aromatic carbocycles. The van der Waals surface area contributed by atoms with Gasteiger partial charge in [0.1, 0.15) is 11.4 Å². The quantitative estimate of drug-likeness (QED) is 0.409. The fraction of sp³-hybridized carbons (Fsp3) is 0.133. The summed E-state index contributed by atoms with van der Waals surface area (Å²) < 4.78 is 5.57. The summed E-state index contributed by atoms with van der Waals surface area (Å²) in [5.74, 6) is 0.772. The predicted octanol–water partition coefficient (Wildman–Crippen LogP) is 6.52. The number of hydrogen-bond donors (Lipinski definition) is 1. The summed E-state index contributed by atoms with van der Waals surface area (Å²) in [6, 6.07) is 32.8. The molecule has 2 nitrogen and oxygen atoms in total. The van der Waals surface area contributed by atoms with Gasteiger partial charge >= 0.3 is 0 Å². The van der Waals surface area contributed by atoms with Crippen LogP contribution < -0.4 is 4.74 Å². The number of methoxy groups -OCH3 is 1. The lowest BCUT2D eigenvalue weighted by Gasteiger charge is -2.29. The molecular weight excluding hydrogens is 392 g/mol. The first-order valence-corrected chi connectivity index (χ1v) is 10.9. The van der Waals surface area contributed by atoms with Gasteiger partial charge in [-0.3, -0.25) is 0 Å². The van der Waals surface area contributed by atoms with E-state index in [0.717, 1.165) is 44.7 Å². The highest BCUT2D eigenvalue weighted by molar-refractivity contribution is 6.08. The van der Waals surface area contributed by atoms with E-state index < -0.39 is 5.60 Å². The summed E-state index contributed by atoms with van der Waals surface area (Å²) >= 11 is 0. The van der Waals surface area contributed by atoms with Crippen molar-refractivity contribution in [3.05, 3.63) is 136 Å². The molecule has 1 N–H and O–H groups in total. The molecule has 0 radical (unpaired) electrons. The van der Waals surface area contributed by atoms with Crippen molar-refractivity contribution in [1.82, 2.24) is 0 Å².